The van der Waals surface area contributed by atoms with E-state index in [-0.39, 0.29) is 18.4 Å². The van der Waals surface area contributed by atoms with Gasteiger partial charge in [0.1, 0.15) is 17.5 Å². The molecule has 0 aliphatic carbocycles. The second-order valence-electron chi connectivity index (χ2n) is 4.88. The highest BCUT2D eigenvalue weighted by atomic mass is 35.5. The molecule has 0 bridgehead atoms. The van der Waals surface area contributed by atoms with Gasteiger partial charge in [0.25, 0.3) is 0 Å². The van der Waals surface area contributed by atoms with Gasteiger partial charge in [-0.25, -0.2) is 0 Å². The van der Waals surface area contributed by atoms with Crippen LogP contribution in [-0.2, 0) is 7.05 Å². The summed E-state index contributed by atoms with van der Waals surface area (Å²) in [5.41, 5.74) is 7.83. The average molecular weight is 277 g/mol. The lowest BCUT2D eigenvalue weighted by atomic mass is 10.2. The van der Waals surface area contributed by atoms with Gasteiger partial charge in [-0.1, -0.05) is 18.2 Å². The van der Waals surface area contributed by atoms with Gasteiger partial charge in [0.05, 0.1) is 5.52 Å². The number of nitriles is 1. The summed E-state index contributed by atoms with van der Waals surface area (Å²) < 4.78 is 2.10. The van der Waals surface area contributed by atoms with Gasteiger partial charge < -0.3 is 15.2 Å². The van der Waals surface area contributed by atoms with Gasteiger partial charge in [-0.2, -0.15) is 5.26 Å². The molecular formula is C14H17ClN4. The second kappa shape index (κ2) is 5.12. The predicted molar refractivity (Wildman–Crippen MR) is 79.7 cm³/mol. The molecule has 2 heterocycles. The molecule has 0 unspecified atom stereocenters. The van der Waals surface area contributed by atoms with E-state index in [1.165, 1.54) is 0 Å². The summed E-state index contributed by atoms with van der Waals surface area (Å²) >= 11 is 0. The first-order valence-corrected chi connectivity index (χ1v) is 6.20. The van der Waals surface area contributed by atoms with Crippen LogP contribution in [0.5, 0.6) is 0 Å². The number of para-hydroxylation sites is 1. The van der Waals surface area contributed by atoms with Crippen LogP contribution in [0.3, 0.4) is 0 Å². The lowest BCUT2D eigenvalue weighted by Crippen LogP contribution is -2.28. The minimum atomic E-state index is 0. The fourth-order valence-electron chi connectivity index (χ4n) is 2.84. The van der Waals surface area contributed by atoms with E-state index in [0.717, 1.165) is 41.8 Å². The molecule has 1 fully saturated rings. The monoisotopic (exact) mass is 276 g/mol. The van der Waals surface area contributed by atoms with Crippen molar-refractivity contribution in [3.63, 3.8) is 0 Å². The lowest BCUT2D eigenvalue weighted by molar-refractivity contribution is 0.749. The predicted octanol–water partition coefficient (Wildman–Crippen LogP) is 2.01. The van der Waals surface area contributed by atoms with Crippen molar-refractivity contribution in [2.24, 2.45) is 12.8 Å². The third kappa shape index (κ3) is 2.05. The number of fused-ring (bicyclic) bond motifs is 1. The fraction of sp³-hybridized carbons (Fsp3) is 0.357. The van der Waals surface area contributed by atoms with Crippen molar-refractivity contribution in [1.29, 1.82) is 5.26 Å². The molecule has 100 valence electrons. The highest BCUT2D eigenvalue weighted by molar-refractivity contribution is 5.92. The van der Waals surface area contributed by atoms with E-state index in [1.54, 1.807) is 0 Å². The molecular weight excluding hydrogens is 260 g/mol. The van der Waals surface area contributed by atoms with Crippen molar-refractivity contribution in [2.45, 2.75) is 12.5 Å². The first-order chi connectivity index (χ1) is 8.72. The maximum atomic E-state index is 9.43. The van der Waals surface area contributed by atoms with Crippen LogP contribution in [0.4, 0.5) is 5.82 Å². The number of nitrogens with zero attached hydrogens (tertiary/aromatic N) is 3. The molecule has 5 heteroatoms. The Bertz CT molecular complexity index is 641. The van der Waals surface area contributed by atoms with Gasteiger partial charge in [-0.15, -0.1) is 12.4 Å². The van der Waals surface area contributed by atoms with Gasteiger partial charge in [0, 0.05) is 31.6 Å². The number of hydrogen-bond donors (Lipinski definition) is 1. The first kappa shape index (κ1) is 13.7. The van der Waals surface area contributed by atoms with Crippen molar-refractivity contribution < 1.29 is 0 Å². The maximum Gasteiger partial charge on any atom is 0.127 e. The van der Waals surface area contributed by atoms with Crippen LogP contribution >= 0.6 is 12.4 Å². The van der Waals surface area contributed by atoms with E-state index < -0.39 is 0 Å². The molecule has 1 aliphatic heterocycles. The molecule has 2 N–H and O–H groups in total. The van der Waals surface area contributed by atoms with Crippen molar-refractivity contribution >= 4 is 29.1 Å². The van der Waals surface area contributed by atoms with Gasteiger partial charge in [-0.3, -0.25) is 0 Å². The molecule has 0 amide bonds. The van der Waals surface area contributed by atoms with Crippen LogP contribution in [-0.4, -0.2) is 23.7 Å². The van der Waals surface area contributed by atoms with Crippen LogP contribution in [0.1, 0.15) is 12.0 Å². The summed E-state index contributed by atoms with van der Waals surface area (Å²) in [6, 6.07) is 10.6. The molecule has 19 heavy (non-hydrogen) atoms. The van der Waals surface area contributed by atoms with Gasteiger partial charge in [0.15, 0.2) is 0 Å². The standard InChI is InChI=1S/C14H16N4.ClH/c1-17-13-5-3-2-4-11(13)12(8-15)14(17)18-7-6-10(16)9-18;/h2-5,10H,6-7,9,16H2,1H3;1H/t10-;/m0./s1. The molecule has 0 radical (unpaired) electrons. The summed E-state index contributed by atoms with van der Waals surface area (Å²) in [6.45, 7) is 1.76. The van der Waals surface area contributed by atoms with Crippen molar-refractivity contribution in [3.8, 4) is 6.07 Å². The minimum Gasteiger partial charge on any atom is -0.355 e. The topological polar surface area (TPSA) is 58.0 Å². The number of nitrogens with two attached hydrogens (primary N) is 1. The molecule has 4 nitrogen and oxygen atoms in total. The molecule has 1 saturated heterocycles. The van der Waals surface area contributed by atoms with Crippen LogP contribution in [0.15, 0.2) is 24.3 Å². The summed E-state index contributed by atoms with van der Waals surface area (Å²) in [7, 11) is 2.02. The van der Waals surface area contributed by atoms with Crippen LogP contribution in [0, 0.1) is 11.3 Å². The third-order valence-electron chi connectivity index (χ3n) is 3.71. The molecule has 1 aromatic carbocycles. The molecule has 0 saturated carbocycles. The Morgan fingerprint density at radius 3 is 2.74 bits per heavy atom. The zero-order valence-electron chi connectivity index (χ0n) is 10.8. The summed E-state index contributed by atoms with van der Waals surface area (Å²) in [6.07, 6.45) is 0.992. The van der Waals surface area contributed by atoms with Gasteiger partial charge in [-0.05, 0) is 12.5 Å². The quantitative estimate of drug-likeness (QED) is 0.867. The SMILES string of the molecule is Cl.Cn1c(N2CC[C@H](N)C2)c(C#N)c2ccccc21. The number of anilines is 1. The number of aromatic nitrogens is 1. The Labute approximate surface area is 118 Å². The highest BCUT2D eigenvalue weighted by Gasteiger charge is 2.25. The van der Waals surface area contributed by atoms with Crippen molar-refractivity contribution in [2.75, 3.05) is 18.0 Å². The van der Waals surface area contributed by atoms with Crippen LogP contribution in [0.2, 0.25) is 0 Å². The Hall–Kier alpha value is -1.70. The number of halogens is 1. The average Bonchev–Trinajstić information content (AvgIpc) is 2.92. The van der Waals surface area contributed by atoms with Crippen LogP contribution < -0.4 is 10.6 Å². The van der Waals surface area contributed by atoms with E-state index in [1.807, 2.05) is 25.2 Å². The number of rotatable bonds is 1. The lowest BCUT2D eigenvalue weighted by Gasteiger charge is -2.19. The molecule has 3 rings (SSSR count). The van der Waals surface area contributed by atoms with Gasteiger partial charge in [0.2, 0.25) is 0 Å². The Morgan fingerprint density at radius 1 is 1.37 bits per heavy atom. The minimum absolute atomic E-state index is 0. The van der Waals surface area contributed by atoms with E-state index >= 15 is 0 Å². The van der Waals surface area contributed by atoms with E-state index in [4.69, 9.17) is 5.73 Å². The van der Waals surface area contributed by atoms with E-state index in [0.29, 0.717) is 0 Å². The number of aryl methyl sites for hydroxylation is 1. The smallest absolute Gasteiger partial charge is 0.127 e. The number of hydrogen-bond acceptors (Lipinski definition) is 3. The summed E-state index contributed by atoms with van der Waals surface area (Å²) in [5.74, 6) is 1.01. The third-order valence-corrected chi connectivity index (χ3v) is 3.71. The van der Waals surface area contributed by atoms with Crippen molar-refractivity contribution in [1.82, 2.24) is 4.57 Å². The van der Waals surface area contributed by atoms with Crippen LogP contribution in [0.25, 0.3) is 10.9 Å². The zero-order chi connectivity index (χ0) is 12.7. The molecule has 2 aromatic rings. The van der Waals surface area contributed by atoms with Gasteiger partial charge >= 0.3 is 0 Å². The molecule has 0 spiro atoms. The normalized spacial score (nSPS) is 18.4. The second-order valence-corrected chi connectivity index (χ2v) is 4.88. The largest absolute Gasteiger partial charge is 0.355 e. The zero-order valence-corrected chi connectivity index (χ0v) is 11.7. The van der Waals surface area contributed by atoms with Crippen molar-refractivity contribution in [3.05, 3.63) is 29.8 Å². The molecule has 1 atom stereocenters. The highest BCUT2D eigenvalue weighted by Crippen LogP contribution is 2.32. The summed E-state index contributed by atoms with van der Waals surface area (Å²) in [5, 5.41) is 10.5. The Kier molecular flexibility index (Phi) is 3.70. The Morgan fingerprint density at radius 2 is 2.11 bits per heavy atom. The maximum absolute atomic E-state index is 9.43. The van der Waals surface area contributed by atoms with E-state index in [9.17, 15) is 5.26 Å². The molecule has 1 aliphatic rings. The summed E-state index contributed by atoms with van der Waals surface area (Å²) in [4.78, 5) is 2.23. The molecule has 1 aromatic heterocycles. The first-order valence-electron chi connectivity index (χ1n) is 6.20. The number of benzene rings is 1. The Balaban J connectivity index is 0.00000133. The van der Waals surface area contributed by atoms with E-state index in [2.05, 4.69) is 21.6 Å². The fourth-order valence-corrected chi connectivity index (χ4v) is 2.84.